The number of fused-ring (bicyclic) bond motifs is 1. The first-order valence-corrected chi connectivity index (χ1v) is 9.61. The van der Waals surface area contributed by atoms with E-state index in [1.165, 1.54) is 6.42 Å². The van der Waals surface area contributed by atoms with Crippen molar-refractivity contribution in [3.8, 4) is 0 Å². The quantitative estimate of drug-likeness (QED) is 0.595. The van der Waals surface area contributed by atoms with Crippen molar-refractivity contribution in [3.63, 3.8) is 0 Å². The molecule has 3 rings (SSSR count). The molecule has 0 aliphatic carbocycles. The summed E-state index contributed by atoms with van der Waals surface area (Å²) < 4.78 is 6.06. The second-order valence-electron chi connectivity index (χ2n) is 6.49. The first kappa shape index (κ1) is 18.7. The predicted octanol–water partition coefficient (Wildman–Crippen LogP) is 4.47. The number of aryl methyl sites for hydroxylation is 1. The molecule has 26 heavy (non-hydrogen) atoms. The van der Waals surface area contributed by atoms with Crippen LogP contribution in [0.15, 0.2) is 29.3 Å². The highest BCUT2D eigenvalue weighted by atomic mass is 35.5. The van der Waals surface area contributed by atoms with Crippen LogP contribution in [0.4, 0.5) is 5.82 Å². The first-order chi connectivity index (χ1) is 12.6. The molecule has 6 nitrogen and oxygen atoms in total. The number of ether oxygens (including phenoxy) is 1. The van der Waals surface area contributed by atoms with E-state index < -0.39 is 0 Å². The Kier molecular flexibility index (Phi) is 6.14. The molecule has 1 saturated heterocycles. The van der Waals surface area contributed by atoms with Crippen LogP contribution in [0.1, 0.15) is 45.4 Å². The third kappa shape index (κ3) is 4.01. The van der Waals surface area contributed by atoms with E-state index >= 15 is 0 Å². The van der Waals surface area contributed by atoms with Crippen LogP contribution in [0.25, 0.3) is 11.2 Å². The molecule has 1 aliphatic rings. The molecule has 1 aliphatic heterocycles. The monoisotopic (exact) mass is 375 g/mol. The number of hydrogen-bond donors (Lipinski definition) is 1. The van der Waals surface area contributed by atoms with E-state index in [1.807, 2.05) is 26.0 Å². The van der Waals surface area contributed by atoms with Gasteiger partial charge in [-0.05, 0) is 45.6 Å². The Morgan fingerprint density at radius 1 is 1.42 bits per heavy atom. The van der Waals surface area contributed by atoms with Gasteiger partial charge in [0.2, 0.25) is 0 Å². The third-order valence-electron chi connectivity index (χ3n) is 4.60. The lowest BCUT2D eigenvalue weighted by atomic mass is 10.0. The molecule has 0 amide bonds. The molecule has 1 unspecified atom stereocenters. The van der Waals surface area contributed by atoms with Crippen molar-refractivity contribution >= 4 is 28.6 Å². The number of nitrogens with zero attached hydrogens (tertiary/aromatic N) is 4. The van der Waals surface area contributed by atoms with Gasteiger partial charge in [-0.1, -0.05) is 24.6 Å². The van der Waals surface area contributed by atoms with Gasteiger partial charge in [-0.25, -0.2) is 15.0 Å². The second kappa shape index (κ2) is 8.54. The minimum absolute atomic E-state index is 0.242. The maximum atomic E-state index is 6.32. The number of aromatic amines is 1. The van der Waals surface area contributed by atoms with E-state index in [1.54, 1.807) is 6.33 Å². The average molecular weight is 376 g/mol. The molecule has 0 saturated carbocycles. The first-order valence-electron chi connectivity index (χ1n) is 9.23. The van der Waals surface area contributed by atoms with E-state index in [9.17, 15) is 0 Å². The van der Waals surface area contributed by atoms with Crippen LogP contribution in [0.2, 0.25) is 0 Å². The number of anilines is 1. The molecular formula is C19H26ClN5O. The van der Waals surface area contributed by atoms with Gasteiger partial charge in [0.1, 0.15) is 30.0 Å². The van der Waals surface area contributed by atoms with Crippen molar-refractivity contribution in [1.82, 2.24) is 19.9 Å². The van der Waals surface area contributed by atoms with Gasteiger partial charge in [0, 0.05) is 6.54 Å². The summed E-state index contributed by atoms with van der Waals surface area (Å²) in [4.78, 5) is 18.8. The summed E-state index contributed by atoms with van der Waals surface area (Å²) in [5.41, 5.74) is 1.60. The van der Waals surface area contributed by atoms with Crippen molar-refractivity contribution in [2.45, 2.75) is 52.5 Å². The maximum absolute atomic E-state index is 6.32. The van der Waals surface area contributed by atoms with Gasteiger partial charge in [0.25, 0.3) is 0 Å². The van der Waals surface area contributed by atoms with Gasteiger partial charge in [0.05, 0.1) is 11.1 Å². The Hall–Kier alpha value is -2.08. The lowest BCUT2D eigenvalue weighted by Crippen LogP contribution is -2.43. The van der Waals surface area contributed by atoms with E-state index in [4.69, 9.17) is 16.3 Å². The highest BCUT2D eigenvalue weighted by Crippen LogP contribution is 2.29. The van der Waals surface area contributed by atoms with Crippen LogP contribution in [-0.4, -0.2) is 39.1 Å². The van der Waals surface area contributed by atoms with Crippen LogP contribution in [0.5, 0.6) is 0 Å². The molecule has 0 bridgehead atoms. The smallest absolute Gasteiger partial charge is 0.183 e. The van der Waals surface area contributed by atoms with E-state index in [0.717, 1.165) is 48.7 Å². The van der Waals surface area contributed by atoms with Crippen LogP contribution in [0.3, 0.4) is 0 Å². The fraction of sp³-hybridized carbons (Fsp3) is 0.526. The number of halogens is 1. The zero-order chi connectivity index (χ0) is 18.5. The maximum Gasteiger partial charge on any atom is 0.183 e. The number of nitrogens with one attached hydrogen (secondary N) is 1. The van der Waals surface area contributed by atoms with E-state index in [-0.39, 0.29) is 6.04 Å². The minimum Gasteiger partial charge on any atom is -0.490 e. The van der Waals surface area contributed by atoms with Crippen molar-refractivity contribution in [2.24, 2.45) is 0 Å². The summed E-state index contributed by atoms with van der Waals surface area (Å²) in [5, 5.41) is 0.672. The predicted molar refractivity (Wildman–Crippen MR) is 105 cm³/mol. The Balaban J connectivity index is 1.81. The summed E-state index contributed by atoms with van der Waals surface area (Å²) in [7, 11) is 0. The van der Waals surface area contributed by atoms with Gasteiger partial charge in [-0.3, -0.25) is 0 Å². The number of aromatic nitrogens is 4. The van der Waals surface area contributed by atoms with Crippen LogP contribution in [0, 0.1) is 6.92 Å². The number of hydrogen-bond acceptors (Lipinski definition) is 5. The second-order valence-corrected chi connectivity index (χ2v) is 6.89. The molecule has 1 atom stereocenters. The molecule has 2 aromatic rings. The van der Waals surface area contributed by atoms with Gasteiger partial charge >= 0.3 is 0 Å². The van der Waals surface area contributed by atoms with Crippen LogP contribution >= 0.6 is 11.6 Å². The molecular weight excluding hydrogens is 350 g/mol. The summed E-state index contributed by atoms with van der Waals surface area (Å²) >= 11 is 6.32. The Bertz CT molecular complexity index is 813. The molecule has 3 heterocycles. The number of allylic oxidation sites excluding steroid dienone is 3. The lowest BCUT2D eigenvalue weighted by molar-refractivity contribution is 0.186. The van der Waals surface area contributed by atoms with Crippen LogP contribution < -0.4 is 4.90 Å². The lowest BCUT2D eigenvalue weighted by Gasteiger charge is -2.36. The van der Waals surface area contributed by atoms with Crippen molar-refractivity contribution in [3.05, 3.63) is 35.1 Å². The standard InChI is InChI=1S/C19H26ClN5O/c1-4-8-15(20)16(5-2)26-11-14-9-6-7-10-25(14)19-17-18(21-12-22-19)24-13(3)23-17/h5,8,12,14H,4,6-7,9-11H2,1-3H3,(H,21,22,23,24). The molecule has 0 spiro atoms. The van der Waals surface area contributed by atoms with Gasteiger partial charge < -0.3 is 14.6 Å². The topological polar surface area (TPSA) is 66.9 Å². The van der Waals surface area contributed by atoms with Gasteiger partial charge in [0.15, 0.2) is 11.5 Å². The normalized spacial score (nSPS) is 19.2. The molecule has 140 valence electrons. The van der Waals surface area contributed by atoms with Crippen molar-refractivity contribution < 1.29 is 4.74 Å². The molecule has 2 aromatic heterocycles. The molecule has 1 fully saturated rings. The van der Waals surface area contributed by atoms with E-state index in [0.29, 0.717) is 17.3 Å². The Labute approximate surface area is 159 Å². The summed E-state index contributed by atoms with van der Waals surface area (Å²) in [6, 6.07) is 0.242. The molecule has 1 N–H and O–H groups in total. The summed E-state index contributed by atoms with van der Waals surface area (Å²) in [6.07, 6.45) is 9.74. The molecule has 0 radical (unpaired) electrons. The Morgan fingerprint density at radius 3 is 3.04 bits per heavy atom. The van der Waals surface area contributed by atoms with Gasteiger partial charge in [-0.2, -0.15) is 0 Å². The largest absolute Gasteiger partial charge is 0.490 e. The SMILES string of the molecule is CC=C(OCC1CCCCN1c1ncnc2nc(C)[nH]c12)C(Cl)=CCC. The minimum atomic E-state index is 0.242. The highest BCUT2D eigenvalue weighted by molar-refractivity contribution is 6.31. The zero-order valence-corrected chi connectivity index (χ0v) is 16.4. The number of piperidine rings is 1. The zero-order valence-electron chi connectivity index (χ0n) is 15.6. The van der Waals surface area contributed by atoms with Crippen molar-refractivity contribution in [2.75, 3.05) is 18.1 Å². The van der Waals surface area contributed by atoms with Crippen LogP contribution in [-0.2, 0) is 4.74 Å². The number of imidazole rings is 1. The summed E-state index contributed by atoms with van der Waals surface area (Å²) in [5.74, 6) is 2.49. The number of H-pyrrole nitrogens is 1. The fourth-order valence-corrected chi connectivity index (χ4v) is 3.68. The van der Waals surface area contributed by atoms with E-state index in [2.05, 4.69) is 31.8 Å². The summed E-state index contributed by atoms with van der Waals surface area (Å²) in [6.45, 7) is 7.46. The van der Waals surface area contributed by atoms with Crippen molar-refractivity contribution in [1.29, 1.82) is 0 Å². The third-order valence-corrected chi connectivity index (χ3v) is 4.94. The average Bonchev–Trinajstić information content (AvgIpc) is 3.03. The molecule has 7 heteroatoms. The number of rotatable bonds is 6. The molecule has 0 aromatic carbocycles. The Morgan fingerprint density at radius 2 is 2.27 bits per heavy atom. The van der Waals surface area contributed by atoms with Gasteiger partial charge in [-0.15, -0.1) is 0 Å². The fourth-order valence-electron chi connectivity index (χ4n) is 3.36. The highest BCUT2D eigenvalue weighted by Gasteiger charge is 2.27.